The largest absolute Gasteiger partial charge is 0.493 e. The van der Waals surface area contributed by atoms with E-state index in [4.69, 9.17) is 4.74 Å². The molecular formula is C12H14BrF2NO. The van der Waals surface area contributed by atoms with Crippen LogP contribution in [0.4, 0.5) is 8.78 Å². The molecule has 0 amide bonds. The highest BCUT2D eigenvalue weighted by molar-refractivity contribution is 9.10. The summed E-state index contributed by atoms with van der Waals surface area (Å²) < 4.78 is 32.1. The SMILES string of the molecule is COc1c(CC2CCCN2)cc(F)c(Br)c1F. The van der Waals surface area contributed by atoms with Gasteiger partial charge in [0, 0.05) is 11.6 Å². The Hall–Kier alpha value is -0.680. The van der Waals surface area contributed by atoms with Gasteiger partial charge in [-0.25, -0.2) is 8.78 Å². The van der Waals surface area contributed by atoms with E-state index >= 15 is 0 Å². The van der Waals surface area contributed by atoms with E-state index in [2.05, 4.69) is 21.2 Å². The first-order chi connectivity index (χ1) is 8.13. The molecule has 2 nitrogen and oxygen atoms in total. The molecule has 0 aromatic heterocycles. The number of rotatable bonds is 3. The second kappa shape index (κ2) is 5.31. The second-order valence-corrected chi connectivity index (χ2v) is 4.97. The molecular weight excluding hydrogens is 292 g/mol. The van der Waals surface area contributed by atoms with Crippen molar-refractivity contribution in [3.63, 3.8) is 0 Å². The molecule has 1 aromatic carbocycles. The summed E-state index contributed by atoms with van der Waals surface area (Å²) >= 11 is 2.87. The average Bonchev–Trinajstić information content (AvgIpc) is 2.79. The van der Waals surface area contributed by atoms with Gasteiger partial charge in [0.2, 0.25) is 0 Å². The zero-order chi connectivity index (χ0) is 12.4. The van der Waals surface area contributed by atoms with Crippen molar-refractivity contribution in [3.8, 4) is 5.75 Å². The molecule has 1 atom stereocenters. The summed E-state index contributed by atoms with van der Waals surface area (Å²) in [5, 5.41) is 3.30. The zero-order valence-corrected chi connectivity index (χ0v) is 11.1. The third-order valence-corrected chi connectivity index (χ3v) is 3.75. The van der Waals surface area contributed by atoms with E-state index in [9.17, 15) is 8.78 Å². The van der Waals surface area contributed by atoms with Gasteiger partial charge in [-0.15, -0.1) is 0 Å². The molecule has 1 N–H and O–H groups in total. The van der Waals surface area contributed by atoms with Gasteiger partial charge in [-0.2, -0.15) is 0 Å². The third kappa shape index (κ3) is 2.60. The molecule has 0 saturated carbocycles. The molecule has 2 rings (SSSR count). The minimum atomic E-state index is -0.666. The minimum Gasteiger partial charge on any atom is -0.493 e. The lowest BCUT2D eigenvalue weighted by Crippen LogP contribution is -2.24. The van der Waals surface area contributed by atoms with Crippen molar-refractivity contribution in [2.75, 3.05) is 13.7 Å². The summed E-state index contributed by atoms with van der Waals surface area (Å²) in [6.07, 6.45) is 2.72. The van der Waals surface area contributed by atoms with Gasteiger partial charge < -0.3 is 10.1 Å². The fourth-order valence-electron chi connectivity index (χ4n) is 2.20. The van der Waals surface area contributed by atoms with Crippen LogP contribution in [-0.2, 0) is 6.42 Å². The van der Waals surface area contributed by atoms with Gasteiger partial charge in [-0.05, 0) is 47.8 Å². The number of nitrogens with one attached hydrogen (secondary N) is 1. The molecule has 1 heterocycles. The first kappa shape index (κ1) is 12.8. The first-order valence-electron chi connectivity index (χ1n) is 5.57. The van der Waals surface area contributed by atoms with E-state index < -0.39 is 11.6 Å². The monoisotopic (exact) mass is 305 g/mol. The number of benzene rings is 1. The Morgan fingerprint density at radius 3 is 2.88 bits per heavy atom. The molecule has 1 aliphatic rings. The molecule has 94 valence electrons. The summed E-state index contributed by atoms with van der Waals surface area (Å²) in [5.74, 6) is -1.12. The fourth-order valence-corrected chi connectivity index (χ4v) is 2.49. The van der Waals surface area contributed by atoms with Gasteiger partial charge in [0.1, 0.15) is 5.82 Å². The Labute approximate surface area is 107 Å². The maximum absolute atomic E-state index is 13.8. The summed E-state index contributed by atoms with van der Waals surface area (Å²) in [4.78, 5) is 0. The lowest BCUT2D eigenvalue weighted by atomic mass is 10.0. The van der Waals surface area contributed by atoms with E-state index in [0.29, 0.717) is 12.0 Å². The highest BCUT2D eigenvalue weighted by atomic mass is 79.9. The highest BCUT2D eigenvalue weighted by Gasteiger charge is 2.21. The summed E-state index contributed by atoms with van der Waals surface area (Å²) in [6, 6.07) is 1.62. The molecule has 1 fully saturated rings. The summed E-state index contributed by atoms with van der Waals surface area (Å²) in [7, 11) is 1.40. The Morgan fingerprint density at radius 1 is 1.53 bits per heavy atom. The Bertz CT molecular complexity index is 419. The van der Waals surface area contributed by atoms with Gasteiger partial charge in [-0.3, -0.25) is 0 Å². The number of hydrogen-bond acceptors (Lipinski definition) is 2. The maximum atomic E-state index is 13.8. The van der Waals surface area contributed by atoms with E-state index in [1.807, 2.05) is 0 Å². The molecule has 0 bridgehead atoms. The van der Waals surface area contributed by atoms with Crippen molar-refractivity contribution in [1.82, 2.24) is 5.32 Å². The molecule has 17 heavy (non-hydrogen) atoms. The lowest BCUT2D eigenvalue weighted by molar-refractivity contribution is 0.374. The van der Waals surface area contributed by atoms with Crippen molar-refractivity contribution in [1.29, 1.82) is 0 Å². The Kier molecular flexibility index (Phi) is 3.99. The highest BCUT2D eigenvalue weighted by Crippen LogP contribution is 2.32. The van der Waals surface area contributed by atoms with Crippen molar-refractivity contribution in [2.45, 2.75) is 25.3 Å². The standard InChI is InChI=1S/C12H14BrF2NO/c1-17-12-7(5-8-3-2-4-16-8)6-9(14)10(13)11(12)15/h6,8,16H,2-5H2,1H3. The van der Waals surface area contributed by atoms with Gasteiger partial charge in [-0.1, -0.05) is 0 Å². The van der Waals surface area contributed by atoms with Crippen molar-refractivity contribution >= 4 is 15.9 Å². The Balaban J connectivity index is 2.31. The van der Waals surface area contributed by atoms with Crippen LogP contribution < -0.4 is 10.1 Å². The van der Waals surface area contributed by atoms with Crippen LogP contribution in [0.15, 0.2) is 10.5 Å². The predicted molar refractivity (Wildman–Crippen MR) is 65.3 cm³/mol. The number of methoxy groups -OCH3 is 1. The predicted octanol–water partition coefficient (Wildman–Crippen LogP) is 3.03. The normalized spacial score (nSPS) is 19.6. The van der Waals surface area contributed by atoms with Crippen molar-refractivity contribution in [3.05, 3.63) is 27.7 Å². The molecule has 0 aliphatic carbocycles. The van der Waals surface area contributed by atoms with Crippen LogP contribution in [0.5, 0.6) is 5.75 Å². The average molecular weight is 306 g/mol. The number of halogens is 3. The van der Waals surface area contributed by atoms with Crippen LogP contribution in [0.2, 0.25) is 0 Å². The van der Waals surface area contributed by atoms with Gasteiger partial charge in [0.15, 0.2) is 11.6 Å². The number of hydrogen-bond donors (Lipinski definition) is 1. The maximum Gasteiger partial charge on any atom is 0.182 e. The second-order valence-electron chi connectivity index (χ2n) is 4.18. The topological polar surface area (TPSA) is 21.3 Å². The van der Waals surface area contributed by atoms with E-state index in [1.54, 1.807) is 0 Å². The van der Waals surface area contributed by atoms with Crippen molar-refractivity contribution in [2.24, 2.45) is 0 Å². The van der Waals surface area contributed by atoms with Crippen LogP contribution in [-0.4, -0.2) is 19.7 Å². The van der Waals surface area contributed by atoms with Crippen LogP contribution in [0.25, 0.3) is 0 Å². The van der Waals surface area contributed by atoms with Gasteiger partial charge in [0.05, 0.1) is 11.6 Å². The quantitative estimate of drug-likeness (QED) is 0.867. The van der Waals surface area contributed by atoms with Gasteiger partial charge >= 0.3 is 0 Å². The molecule has 5 heteroatoms. The zero-order valence-electron chi connectivity index (χ0n) is 9.53. The minimum absolute atomic E-state index is 0.131. The fraction of sp³-hybridized carbons (Fsp3) is 0.500. The van der Waals surface area contributed by atoms with E-state index in [-0.39, 0.29) is 16.3 Å². The van der Waals surface area contributed by atoms with E-state index in [0.717, 1.165) is 19.4 Å². The number of ether oxygens (including phenoxy) is 1. The molecule has 1 aromatic rings. The third-order valence-electron chi connectivity index (χ3n) is 3.03. The van der Waals surface area contributed by atoms with Crippen LogP contribution in [0, 0.1) is 11.6 Å². The molecule has 1 aliphatic heterocycles. The summed E-state index contributed by atoms with van der Waals surface area (Å²) in [5.41, 5.74) is 0.574. The van der Waals surface area contributed by atoms with E-state index in [1.165, 1.54) is 13.2 Å². The van der Waals surface area contributed by atoms with Crippen LogP contribution >= 0.6 is 15.9 Å². The molecule has 1 saturated heterocycles. The summed E-state index contributed by atoms with van der Waals surface area (Å²) in [6.45, 7) is 0.967. The van der Waals surface area contributed by atoms with Gasteiger partial charge in [0.25, 0.3) is 0 Å². The van der Waals surface area contributed by atoms with Crippen LogP contribution in [0.1, 0.15) is 18.4 Å². The molecule has 0 spiro atoms. The van der Waals surface area contributed by atoms with Crippen molar-refractivity contribution < 1.29 is 13.5 Å². The molecule has 1 unspecified atom stereocenters. The smallest absolute Gasteiger partial charge is 0.182 e. The first-order valence-corrected chi connectivity index (χ1v) is 6.36. The van der Waals surface area contributed by atoms with Crippen LogP contribution in [0.3, 0.4) is 0 Å². The lowest BCUT2D eigenvalue weighted by Gasteiger charge is -2.15. The molecule has 0 radical (unpaired) electrons. The Morgan fingerprint density at radius 2 is 2.29 bits per heavy atom.